The first-order chi connectivity index (χ1) is 5.54. The van der Waals surface area contributed by atoms with E-state index >= 15 is 0 Å². The fraction of sp³-hybridized carbons (Fsp3) is 1.00. The van der Waals surface area contributed by atoms with Crippen LogP contribution in [0.3, 0.4) is 0 Å². The number of alkyl halides is 3. The van der Waals surface area contributed by atoms with E-state index in [0.29, 0.717) is 0 Å². The summed E-state index contributed by atoms with van der Waals surface area (Å²) >= 11 is 0. The molecule has 1 aliphatic heterocycles. The van der Waals surface area contributed by atoms with Gasteiger partial charge in [-0.2, -0.15) is 13.2 Å². The molecule has 1 rings (SSSR count). The van der Waals surface area contributed by atoms with Crippen LogP contribution >= 0.6 is 0 Å². The molecule has 1 aliphatic rings. The number of nitrogens with one attached hydrogen (secondary N) is 1. The number of morpholine rings is 1. The van der Waals surface area contributed by atoms with Crippen LogP contribution in [0.25, 0.3) is 0 Å². The van der Waals surface area contributed by atoms with Gasteiger partial charge in [0, 0.05) is 6.54 Å². The zero-order chi connectivity index (χ0) is 9.19. The molecular weight excluding hydrogens is 175 g/mol. The second-order valence-electron chi connectivity index (χ2n) is 2.65. The van der Waals surface area contributed by atoms with E-state index in [1.54, 1.807) is 0 Å². The summed E-state index contributed by atoms with van der Waals surface area (Å²) in [6, 6.07) is -0.372. The van der Waals surface area contributed by atoms with E-state index in [4.69, 9.17) is 5.11 Å². The first kappa shape index (κ1) is 9.76. The van der Waals surface area contributed by atoms with Gasteiger partial charge in [0.2, 0.25) is 0 Å². The minimum atomic E-state index is -4.31. The van der Waals surface area contributed by atoms with Gasteiger partial charge in [0.1, 0.15) is 0 Å². The van der Waals surface area contributed by atoms with Crippen LogP contribution in [-0.2, 0) is 4.74 Å². The van der Waals surface area contributed by atoms with Gasteiger partial charge in [0.25, 0.3) is 0 Å². The highest BCUT2D eigenvalue weighted by molar-refractivity contribution is 4.79. The number of hydrogen-bond donors (Lipinski definition) is 2. The topological polar surface area (TPSA) is 41.5 Å². The lowest BCUT2D eigenvalue weighted by atomic mass is 10.2. The summed E-state index contributed by atoms with van der Waals surface area (Å²) in [5.74, 6) is 0. The van der Waals surface area contributed by atoms with Gasteiger partial charge < -0.3 is 15.2 Å². The molecule has 1 fully saturated rings. The predicted molar refractivity (Wildman–Crippen MR) is 34.7 cm³/mol. The lowest BCUT2D eigenvalue weighted by Gasteiger charge is -2.30. The highest BCUT2D eigenvalue weighted by atomic mass is 19.4. The minimum absolute atomic E-state index is 0.0966. The zero-order valence-electron chi connectivity index (χ0n) is 6.27. The highest BCUT2D eigenvalue weighted by Gasteiger charge is 2.42. The van der Waals surface area contributed by atoms with Crippen LogP contribution in [0.15, 0.2) is 0 Å². The van der Waals surface area contributed by atoms with Crippen LogP contribution in [0.4, 0.5) is 13.2 Å². The van der Waals surface area contributed by atoms with Crippen LogP contribution < -0.4 is 5.32 Å². The first-order valence-corrected chi connectivity index (χ1v) is 3.56. The molecule has 12 heavy (non-hydrogen) atoms. The van der Waals surface area contributed by atoms with Crippen molar-refractivity contribution in [2.45, 2.75) is 18.3 Å². The van der Waals surface area contributed by atoms with Gasteiger partial charge in [0.05, 0.1) is 19.3 Å². The van der Waals surface area contributed by atoms with Gasteiger partial charge in [-0.15, -0.1) is 0 Å². The fourth-order valence-electron chi connectivity index (χ4n) is 0.951. The van der Waals surface area contributed by atoms with E-state index in [0.717, 1.165) is 0 Å². The summed E-state index contributed by atoms with van der Waals surface area (Å²) in [5.41, 5.74) is 0. The monoisotopic (exact) mass is 185 g/mol. The third kappa shape index (κ3) is 2.33. The molecule has 0 aromatic carbocycles. The van der Waals surface area contributed by atoms with Crippen molar-refractivity contribution >= 4 is 0 Å². The van der Waals surface area contributed by atoms with Crippen LogP contribution in [-0.4, -0.2) is 43.2 Å². The first-order valence-electron chi connectivity index (χ1n) is 3.56. The summed E-state index contributed by atoms with van der Waals surface area (Å²) in [6.45, 7) is -0.583. The number of ether oxygens (including phenoxy) is 1. The Morgan fingerprint density at radius 1 is 1.50 bits per heavy atom. The van der Waals surface area contributed by atoms with E-state index in [1.165, 1.54) is 0 Å². The molecule has 1 heterocycles. The van der Waals surface area contributed by atoms with Crippen molar-refractivity contribution in [2.75, 3.05) is 19.8 Å². The average molecular weight is 185 g/mol. The smallest absolute Gasteiger partial charge is 0.395 e. The predicted octanol–water partition coefficient (Wildman–Crippen LogP) is -0.102. The quantitative estimate of drug-likeness (QED) is 0.599. The number of halogens is 3. The molecule has 0 spiro atoms. The SMILES string of the molecule is OC[C@@H]1CO[C@@H](C(F)(F)F)CN1. The Morgan fingerprint density at radius 3 is 2.50 bits per heavy atom. The van der Waals surface area contributed by atoms with E-state index < -0.39 is 12.3 Å². The molecule has 0 unspecified atom stereocenters. The molecule has 2 N–H and O–H groups in total. The molecule has 0 amide bonds. The molecule has 3 nitrogen and oxygen atoms in total. The molecule has 0 aromatic heterocycles. The molecule has 0 bridgehead atoms. The lowest BCUT2D eigenvalue weighted by Crippen LogP contribution is -2.53. The largest absolute Gasteiger partial charge is 0.415 e. The molecule has 0 aliphatic carbocycles. The highest BCUT2D eigenvalue weighted by Crippen LogP contribution is 2.24. The maximum atomic E-state index is 11.9. The van der Waals surface area contributed by atoms with Crippen molar-refractivity contribution in [3.63, 3.8) is 0 Å². The van der Waals surface area contributed by atoms with Crippen LogP contribution in [0.1, 0.15) is 0 Å². The lowest BCUT2D eigenvalue weighted by molar-refractivity contribution is -0.229. The van der Waals surface area contributed by atoms with Crippen LogP contribution in [0, 0.1) is 0 Å². The minimum Gasteiger partial charge on any atom is -0.395 e. The second kappa shape index (κ2) is 3.59. The van der Waals surface area contributed by atoms with Gasteiger partial charge in [-0.25, -0.2) is 0 Å². The fourth-order valence-corrected chi connectivity index (χ4v) is 0.951. The molecule has 0 aromatic rings. The average Bonchev–Trinajstić information content (AvgIpc) is 2.03. The van der Waals surface area contributed by atoms with Crippen LogP contribution in [0.5, 0.6) is 0 Å². The van der Waals surface area contributed by atoms with Gasteiger partial charge in [-0.1, -0.05) is 0 Å². The molecule has 6 heteroatoms. The third-order valence-electron chi connectivity index (χ3n) is 1.68. The summed E-state index contributed by atoms with van der Waals surface area (Å²) in [5, 5.41) is 11.1. The van der Waals surface area contributed by atoms with E-state index in [9.17, 15) is 13.2 Å². The standard InChI is InChI=1S/C6H10F3NO2/c7-6(8,9)5-1-10-4(2-11)3-12-5/h4-5,10-11H,1-3H2/t4-,5-/m1/s1. The molecule has 1 saturated heterocycles. The number of rotatable bonds is 1. The van der Waals surface area contributed by atoms with Crippen molar-refractivity contribution in [3.05, 3.63) is 0 Å². The summed E-state index contributed by atoms with van der Waals surface area (Å²) in [7, 11) is 0. The van der Waals surface area contributed by atoms with Crippen molar-refractivity contribution in [1.82, 2.24) is 5.32 Å². The third-order valence-corrected chi connectivity index (χ3v) is 1.68. The Labute approximate surface area is 67.5 Å². The summed E-state index contributed by atoms with van der Waals surface area (Å²) in [4.78, 5) is 0. The normalized spacial score (nSPS) is 32.0. The molecule has 0 radical (unpaired) electrons. The van der Waals surface area contributed by atoms with Gasteiger partial charge in [-0.3, -0.25) is 0 Å². The van der Waals surface area contributed by atoms with E-state index in [-0.39, 0.29) is 25.8 Å². The molecule has 72 valence electrons. The van der Waals surface area contributed by atoms with Gasteiger partial charge in [0.15, 0.2) is 6.10 Å². The molecule has 0 saturated carbocycles. The zero-order valence-corrected chi connectivity index (χ0v) is 6.27. The number of aliphatic hydroxyl groups excluding tert-OH is 1. The number of hydrogen-bond acceptors (Lipinski definition) is 3. The summed E-state index contributed by atoms with van der Waals surface area (Å²) < 4.78 is 40.3. The second-order valence-corrected chi connectivity index (χ2v) is 2.65. The van der Waals surface area contributed by atoms with Crippen molar-refractivity contribution < 1.29 is 23.0 Å². The van der Waals surface area contributed by atoms with E-state index in [1.807, 2.05) is 0 Å². The Balaban J connectivity index is 2.36. The number of aliphatic hydroxyl groups is 1. The Hall–Kier alpha value is -0.330. The van der Waals surface area contributed by atoms with Gasteiger partial charge in [-0.05, 0) is 0 Å². The van der Waals surface area contributed by atoms with Gasteiger partial charge >= 0.3 is 6.18 Å². The van der Waals surface area contributed by atoms with Crippen molar-refractivity contribution in [1.29, 1.82) is 0 Å². The van der Waals surface area contributed by atoms with Crippen molar-refractivity contribution in [3.8, 4) is 0 Å². The van der Waals surface area contributed by atoms with Crippen molar-refractivity contribution in [2.24, 2.45) is 0 Å². The van der Waals surface area contributed by atoms with Crippen LogP contribution in [0.2, 0.25) is 0 Å². The maximum Gasteiger partial charge on any atom is 0.415 e. The Kier molecular flexibility index (Phi) is 2.92. The maximum absolute atomic E-state index is 11.9. The molecular formula is C6H10F3NO2. The Bertz CT molecular complexity index is 142. The molecule has 2 atom stereocenters. The summed E-state index contributed by atoms with van der Waals surface area (Å²) in [6.07, 6.45) is -6.05. The van der Waals surface area contributed by atoms with E-state index in [2.05, 4.69) is 10.1 Å². The Morgan fingerprint density at radius 2 is 2.17 bits per heavy atom.